The van der Waals surface area contributed by atoms with Crippen LogP contribution in [0.25, 0.3) is 0 Å². The molecule has 0 aromatic heterocycles. The molecular weight excluding hydrogens is 315 g/mol. The first-order valence-electron chi connectivity index (χ1n) is 8.30. The van der Waals surface area contributed by atoms with Crippen LogP contribution in [0.2, 0.25) is 5.02 Å². The van der Waals surface area contributed by atoms with Gasteiger partial charge in [-0.1, -0.05) is 23.7 Å². The Morgan fingerprint density at radius 2 is 2.00 bits per heavy atom. The molecule has 5 heteroatoms. The number of carbonyl (C=O) groups is 1. The molecule has 23 heavy (non-hydrogen) atoms. The topological polar surface area (TPSA) is 23.6 Å². The van der Waals surface area contributed by atoms with Gasteiger partial charge in [-0.15, -0.1) is 0 Å². The van der Waals surface area contributed by atoms with Gasteiger partial charge in [0.25, 0.3) is 0 Å². The highest BCUT2D eigenvalue weighted by Gasteiger charge is 2.49. The molecule has 2 aliphatic rings. The Balaban J connectivity index is 1.67. The van der Waals surface area contributed by atoms with Crippen molar-refractivity contribution in [3.05, 3.63) is 34.3 Å². The van der Waals surface area contributed by atoms with Gasteiger partial charge in [-0.2, -0.15) is 0 Å². The minimum atomic E-state index is -1.41. The van der Waals surface area contributed by atoms with E-state index in [2.05, 4.69) is 4.90 Å². The monoisotopic (exact) mass is 338 g/mol. The van der Waals surface area contributed by atoms with Crippen molar-refractivity contribution < 1.29 is 9.18 Å². The molecule has 0 spiro atoms. The van der Waals surface area contributed by atoms with E-state index in [1.54, 1.807) is 20.2 Å². The van der Waals surface area contributed by atoms with E-state index < -0.39 is 5.67 Å². The average Bonchev–Trinajstić information content (AvgIpc) is 2.98. The van der Waals surface area contributed by atoms with Crippen LogP contribution in [0.1, 0.15) is 36.8 Å². The van der Waals surface area contributed by atoms with E-state index in [9.17, 15) is 9.18 Å². The van der Waals surface area contributed by atoms with Gasteiger partial charge in [0.1, 0.15) is 5.67 Å². The smallest absolute Gasteiger partial charge is 0.225 e. The fourth-order valence-electron chi connectivity index (χ4n) is 3.63. The number of likely N-dealkylation sites (tertiary alicyclic amines) is 1. The van der Waals surface area contributed by atoms with Crippen LogP contribution in [0.15, 0.2) is 18.2 Å². The summed E-state index contributed by atoms with van der Waals surface area (Å²) >= 11 is 6.38. The zero-order valence-electron chi connectivity index (χ0n) is 13.8. The summed E-state index contributed by atoms with van der Waals surface area (Å²) in [5, 5.41) is 0.633. The van der Waals surface area contributed by atoms with Gasteiger partial charge in [0.2, 0.25) is 5.91 Å². The third-order valence-corrected chi connectivity index (χ3v) is 5.44. The fraction of sp³-hybridized carbons (Fsp3) is 0.611. The standard InChI is InChI=1S/C18H24ClFN2O/c1-21(2)17(23)14-10-18(20,11-14)15-6-5-13(16(19)9-15)12-22-7-3-4-8-22/h5-6,9,14H,3-4,7-8,10-12H2,1-2H3/t14-,18+. The molecule has 0 bridgehead atoms. The van der Waals surface area contributed by atoms with Gasteiger partial charge in [-0.25, -0.2) is 4.39 Å². The number of rotatable bonds is 4. The summed E-state index contributed by atoms with van der Waals surface area (Å²) < 4.78 is 15.0. The van der Waals surface area contributed by atoms with Gasteiger partial charge in [0.05, 0.1) is 0 Å². The van der Waals surface area contributed by atoms with E-state index in [4.69, 9.17) is 11.6 Å². The number of amides is 1. The zero-order valence-corrected chi connectivity index (χ0v) is 14.6. The second kappa shape index (κ2) is 6.40. The summed E-state index contributed by atoms with van der Waals surface area (Å²) in [5.74, 6) is -0.201. The molecule has 1 saturated heterocycles. The number of halogens is 2. The molecule has 1 aromatic carbocycles. The Kier molecular flexibility index (Phi) is 4.65. The highest BCUT2D eigenvalue weighted by molar-refractivity contribution is 6.31. The normalized spacial score (nSPS) is 27.7. The van der Waals surface area contributed by atoms with Crippen molar-refractivity contribution in [3.63, 3.8) is 0 Å². The maximum atomic E-state index is 15.0. The van der Waals surface area contributed by atoms with E-state index in [1.807, 2.05) is 12.1 Å². The molecule has 3 rings (SSSR count). The second-order valence-corrected chi connectivity index (χ2v) is 7.50. The lowest BCUT2D eigenvalue weighted by Gasteiger charge is -2.41. The molecule has 0 unspecified atom stereocenters. The van der Waals surface area contributed by atoms with Crippen LogP contribution in [-0.2, 0) is 17.0 Å². The van der Waals surface area contributed by atoms with Crippen molar-refractivity contribution in [3.8, 4) is 0 Å². The van der Waals surface area contributed by atoms with Gasteiger partial charge >= 0.3 is 0 Å². The Labute approximate surface area is 142 Å². The lowest BCUT2D eigenvalue weighted by atomic mass is 9.68. The predicted molar refractivity (Wildman–Crippen MR) is 90.2 cm³/mol. The van der Waals surface area contributed by atoms with Gasteiger partial charge in [-0.05, 0) is 56.0 Å². The van der Waals surface area contributed by atoms with E-state index in [0.29, 0.717) is 10.6 Å². The van der Waals surface area contributed by atoms with Crippen LogP contribution in [0.3, 0.4) is 0 Å². The zero-order chi connectivity index (χ0) is 16.6. The number of hydrogen-bond acceptors (Lipinski definition) is 2. The van der Waals surface area contributed by atoms with Crippen molar-refractivity contribution in [2.45, 2.75) is 37.9 Å². The maximum absolute atomic E-state index is 15.0. The molecule has 0 radical (unpaired) electrons. The van der Waals surface area contributed by atoms with E-state index >= 15 is 0 Å². The van der Waals surface area contributed by atoms with Crippen molar-refractivity contribution >= 4 is 17.5 Å². The molecule has 1 amide bonds. The highest BCUT2D eigenvalue weighted by atomic mass is 35.5. The van der Waals surface area contributed by atoms with Crippen molar-refractivity contribution in [2.75, 3.05) is 27.2 Å². The molecule has 1 aliphatic heterocycles. The summed E-state index contributed by atoms with van der Waals surface area (Å²) in [6, 6.07) is 5.54. The molecule has 126 valence electrons. The first-order valence-corrected chi connectivity index (χ1v) is 8.68. The lowest BCUT2D eigenvalue weighted by molar-refractivity contribution is -0.142. The quantitative estimate of drug-likeness (QED) is 0.837. The Morgan fingerprint density at radius 3 is 2.57 bits per heavy atom. The SMILES string of the molecule is CN(C)C(=O)[C@H]1C[C@](F)(c2ccc(CN3CCCC3)c(Cl)c2)C1. The molecule has 1 aliphatic carbocycles. The molecule has 2 fully saturated rings. The van der Waals surface area contributed by atoms with Crippen molar-refractivity contribution in [1.82, 2.24) is 9.80 Å². The fourth-order valence-corrected chi connectivity index (χ4v) is 3.87. The molecule has 1 heterocycles. The van der Waals surface area contributed by atoms with Gasteiger partial charge in [0, 0.05) is 31.6 Å². The van der Waals surface area contributed by atoms with Gasteiger partial charge < -0.3 is 4.90 Å². The molecule has 3 nitrogen and oxygen atoms in total. The van der Waals surface area contributed by atoms with Crippen LogP contribution in [0, 0.1) is 5.92 Å². The summed E-state index contributed by atoms with van der Waals surface area (Å²) in [5.41, 5.74) is 0.253. The minimum Gasteiger partial charge on any atom is -0.349 e. The Hall–Kier alpha value is -1.13. The van der Waals surface area contributed by atoms with Crippen LogP contribution in [0.5, 0.6) is 0 Å². The Bertz CT molecular complexity index is 593. The molecule has 1 aromatic rings. The first-order chi connectivity index (χ1) is 10.9. The summed E-state index contributed by atoms with van der Waals surface area (Å²) in [6.07, 6.45) is 2.99. The number of benzene rings is 1. The number of carbonyl (C=O) groups excluding carboxylic acids is 1. The maximum Gasteiger partial charge on any atom is 0.225 e. The van der Waals surface area contributed by atoms with Gasteiger partial charge in [-0.3, -0.25) is 9.69 Å². The van der Waals surface area contributed by atoms with Crippen molar-refractivity contribution in [2.24, 2.45) is 5.92 Å². The summed E-state index contributed by atoms with van der Waals surface area (Å²) in [6.45, 7) is 3.05. The molecule has 0 N–H and O–H groups in total. The van der Waals surface area contributed by atoms with Crippen LogP contribution in [0.4, 0.5) is 4.39 Å². The minimum absolute atomic E-state index is 0.00928. The largest absolute Gasteiger partial charge is 0.349 e. The number of alkyl halides is 1. The van der Waals surface area contributed by atoms with Gasteiger partial charge in [0.15, 0.2) is 0 Å². The number of nitrogens with zero attached hydrogens (tertiary/aromatic N) is 2. The highest BCUT2D eigenvalue weighted by Crippen LogP contribution is 2.50. The van der Waals surface area contributed by atoms with Crippen molar-refractivity contribution in [1.29, 1.82) is 0 Å². The number of hydrogen-bond donors (Lipinski definition) is 0. The lowest BCUT2D eigenvalue weighted by Crippen LogP contribution is -2.45. The first kappa shape index (κ1) is 16.7. The van der Waals surface area contributed by atoms with Crippen LogP contribution >= 0.6 is 11.6 Å². The average molecular weight is 339 g/mol. The Morgan fingerprint density at radius 1 is 1.35 bits per heavy atom. The van der Waals surface area contributed by atoms with E-state index in [0.717, 1.165) is 25.2 Å². The van der Waals surface area contributed by atoms with E-state index in [1.165, 1.54) is 17.7 Å². The molecule has 1 saturated carbocycles. The second-order valence-electron chi connectivity index (χ2n) is 7.09. The summed E-state index contributed by atoms with van der Waals surface area (Å²) in [7, 11) is 3.43. The van der Waals surface area contributed by atoms with E-state index in [-0.39, 0.29) is 24.7 Å². The van der Waals surface area contributed by atoms with Crippen LogP contribution in [-0.4, -0.2) is 42.9 Å². The predicted octanol–water partition coefficient (Wildman–Crippen LogP) is 3.60. The molecular formula is C18H24ClFN2O. The molecule has 0 atom stereocenters. The third-order valence-electron chi connectivity index (χ3n) is 5.09. The summed E-state index contributed by atoms with van der Waals surface area (Å²) in [4.78, 5) is 15.8. The third kappa shape index (κ3) is 3.38. The van der Waals surface area contributed by atoms with Crippen LogP contribution < -0.4 is 0 Å².